The van der Waals surface area contributed by atoms with Gasteiger partial charge in [-0.05, 0) is 38.1 Å². The fourth-order valence-corrected chi connectivity index (χ4v) is 3.69. The van der Waals surface area contributed by atoms with Crippen LogP contribution in [0, 0.1) is 6.92 Å². The summed E-state index contributed by atoms with van der Waals surface area (Å²) in [4.78, 5) is 29.5. The van der Waals surface area contributed by atoms with Crippen LogP contribution in [-0.2, 0) is 4.74 Å². The second-order valence-corrected chi connectivity index (χ2v) is 7.24. The van der Waals surface area contributed by atoms with Crippen LogP contribution < -0.4 is 5.32 Å². The van der Waals surface area contributed by atoms with Gasteiger partial charge >= 0.3 is 5.97 Å². The van der Waals surface area contributed by atoms with Gasteiger partial charge in [-0.15, -0.1) is 11.3 Å². The van der Waals surface area contributed by atoms with Crippen LogP contribution in [0.4, 0.5) is 11.5 Å². The maximum atomic E-state index is 12.2. The molecule has 3 aromatic heterocycles. The van der Waals surface area contributed by atoms with Crippen molar-refractivity contribution in [3.63, 3.8) is 0 Å². The number of aromatic nitrogens is 4. The first-order valence-electron chi connectivity index (χ1n) is 9.38. The van der Waals surface area contributed by atoms with Crippen LogP contribution in [0.3, 0.4) is 0 Å². The molecule has 8 heteroatoms. The van der Waals surface area contributed by atoms with Crippen molar-refractivity contribution in [1.29, 1.82) is 0 Å². The van der Waals surface area contributed by atoms with Crippen LogP contribution in [0.5, 0.6) is 0 Å². The van der Waals surface area contributed by atoms with Crippen molar-refractivity contribution in [3.8, 4) is 21.8 Å². The molecule has 0 amide bonds. The van der Waals surface area contributed by atoms with Gasteiger partial charge in [0.1, 0.15) is 22.2 Å². The summed E-state index contributed by atoms with van der Waals surface area (Å²) in [6, 6.07) is 11.7. The monoisotopic (exact) mass is 417 g/mol. The lowest BCUT2D eigenvalue weighted by Crippen LogP contribution is -2.11. The molecule has 0 saturated carbocycles. The number of aryl methyl sites for hydroxylation is 1. The zero-order chi connectivity index (χ0) is 20.9. The summed E-state index contributed by atoms with van der Waals surface area (Å²) in [5.74, 6) is 0.509. The summed E-state index contributed by atoms with van der Waals surface area (Å²) in [5.41, 5.74) is 3.95. The number of ether oxygens (including phenoxy) is 1. The highest BCUT2D eigenvalue weighted by Gasteiger charge is 2.16. The molecule has 7 nitrogen and oxygen atoms in total. The molecule has 0 fully saturated rings. The number of carbonyl (C=O) groups excluding carboxylic acids is 1. The van der Waals surface area contributed by atoms with Crippen molar-refractivity contribution in [2.45, 2.75) is 13.8 Å². The van der Waals surface area contributed by atoms with Gasteiger partial charge in [-0.3, -0.25) is 4.98 Å². The van der Waals surface area contributed by atoms with E-state index in [4.69, 9.17) is 9.72 Å². The predicted octanol–water partition coefficient (Wildman–Crippen LogP) is 4.89. The van der Waals surface area contributed by atoms with E-state index in [1.165, 1.54) is 6.20 Å². The van der Waals surface area contributed by atoms with Gasteiger partial charge in [0.15, 0.2) is 0 Å². The highest BCUT2D eigenvalue weighted by molar-refractivity contribution is 7.13. The number of hydrogen-bond acceptors (Lipinski definition) is 8. The van der Waals surface area contributed by atoms with E-state index in [9.17, 15) is 4.79 Å². The third-order valence-electron chi connectivity index (χ3n) is 4.26. The number of anilines is 2. The minimum atomic E-state index is -0.461. The topological polar surface area (TPSA) is 89.9 Å². The molecule has 1 aromatic carbocycles. The zero-order valence-electron chi connectivity index (χ0n) is 16.5. The number of pyridine rings is 1. The molecule has 3 heterocycles. The number of rotatable bonds is 6. The molecule has 0 bridgehead atoms. The molecule has 30 heavy (non-hydrogen) atoms. The van der Waals surface area contributed by atoms with E-state index >= 15 is 0 Å². The van der Waals surface area contributed by atoms with Gasteiger partial charge in [0.25, 0.3) is 0 Å². The fourth-order valence-electron chi connectivity index (χ4n) is 2.85. The standard InChI is InChI=1S/C22H19N5O2S/c1-3-29-22(28)18-12-24-14(2)25-20(18)26-17-6-4-5-16(11-17)19-13-30-21(27-19)15-7-9-23-10-8-15/h4-13H,3H2,1-2H3,(H,24,25,26). The Morgan fingerprint density at radius 2 is 1.97 bits per heavy atom. The first kappa shape index (κ1) is 19.7. The summed E-state index contributed by atoms with van der Waals surface area (Å²) in [6.45, 7) is 3.81. The Morgan fingerprint density at radius 1 is 1.13 bits per heavy atom. The molecule has 0 unspecified atom stereocenters. The van der Waals surface area contributed by atoms with Crippen molar-refractivity contribution in [2.75, 3.05) is 11.9 Å². The van der Waals surface area contributed by atoms with E-state index < -0.39 is 5.97 Å². The van der Waals surface area contributed by atoms with Crippen LogP contribution in [0.15, 0.2) is 60.4 Å². The highest BCUT2D eigenvalue weighted by Crippen LogP contribution is 2.30. The average Bonchev–Trinajstić information content (AvgIpc) is 3.25. The lowest BCUT2D eigenvalue weighted by Gasteiger charge is -2.11. The average molecular weight is 417 g/mol. The third-order valence-corrected chi connectivity index (χ3v) is 5.15. The molecule has 0 atom stereocenters. The van der Waals surface area contributed by atoms with E-state index in [2.05, 4.69) is 20.3 Å². The van der Waals surface area contributed by atoms with Gasteiger partial charge in [-0.25, -0.2) is 19.7 Å². The van der Waals surface area contributed by atoms with Crippen LogP contribution >= 0.6 is 11.3 Å². The highest BCUT2D eigenvalue weighted by atomic mass is 32.1. The molecular formula is C22H19N5O2S. The molecular weight excluding hydrogens is 398 g/mol. The van der Waals surface area contributed by atoms with Crippen LogP contribution in [0.1, 0.15) is 23.1 Å². The van der Waals surface area contributed by atoms with Crippen molar-refractivity contribution in [2.24, 2.45) is 0 Å². The van der Waals surface area contributed by atoms with E-state index in [-0.39, 0.29) is 6.61 Å². The van der Waals surface area contributed by atoms with E-state index in [0.717, 1.165) is 27.5 Å². The molecule has 0 radical (unpaired) electrons. The van der Waals surface area contributed by atoms with Crippen molar-refractivity contribution in [1.82, 2.24) is 19.9 Å². The predicted molar refractivity (Wildman–Crippen MR) is 117 cm³/mol. The molecule has 0 spiro atoms. The largest absolute Gasteiger partial charge is 0.462 e. The maximum Gasteiger partial charge on any atom is 0.343 e. The second-order valence-electron chi connectivity index (χ2n) is 6.38. The van der Waals surface area contributed by atoms with Crippen LogP contribution in [0.2, 0.25) is 0 Å². The Balaban J connectivity index is 1.62. The van der Waals surface area contributed by atoms with Gasteiger partial charge in [0.05, 0.1) is 12.3 Å². The van der Waals surface area contributed by atoms with Crippen LogP contribution in [-0.4, -0.2) is 32.5 Å². The summed E-state index contributed by atoms with van der Waals surface area (Å²) < 4.78 is 5.11. The summed E-state index contributed by atoms with van der Waals surface area (Å²) in [7, 11) is 0. The Bertz CT molecular complexity index is 1180. The number of carbonyl (C=O) groups is 1. The zero-order valence-corrected chi connectivity index (χ0v) is 17.3. The van der Waals surface area contributed by atoms with Gasteiger partial charge in [-0.2, -0.15) is 0 Å². The summed E-state index contributed by atoms with van der Waals surface area (Å²) in [5, 5.41) is 6.17. The number of esters is 1. The van der Waals surface area contributed by atoms with E-state index in [1.54, 1.807) is 37.6 Å². The fraction of sp³-hybridized carbons (Fsp3) is 0.136. The van der Waals surface area contributed by atoms with Crippen molar-refractivity contribution < 1.29 is 9.53 Å². The molecule has 4 aromatic rings. The summed E-state index contributed by atoms with van der Waals surface area (Å²) in [6.07, 6.45) is 4.99. The normalized spacial score (nSPS) is 10.6. The van der Waals surface area contributed by atoms with Gasteiger partial charge in [0, 0.05) is 40.8 Å². The minimum absolute atomic E-state index is 0.283. The Labute approximate surface area is 177 Å². The maximum absolute atomic E-state index is 12.2. The second kappa shape index (κ2) is 8.79. The molecule has 1 N–H and O–H groups in total. The van der Waals surface area contributed by atoms with Gasteiger partial charge in [-0.1, -0.05) is 12.1 Å². The molecule has 4 rings (SSSR count). The van der Waals surface area contributed by atoms with Gasteiger partial charge < -0.3 is 10.1 Å². The van der Waals surface area contributed by atoms with Crippen molar-refractivity contribution in [3.05, 3.63) is 71.8 Å². The molecule has 150 valence electrons. The number of nitrogens with zero attached hydrogens (tertiary/aromatic N) is 4. The quantitative estimate of drug-likeness (QED) is 0.447. The number of nitrogens with one attached hydrogen (secondary N) is 1. The van der Waals surface area contributed by atoms with Crippen molar-refractivity contribution >= 4 is 28.8 Å². The first-order valence-corrected chi connectivity index (χ1v) is 10.3. The number of thiazole rings is 1. The summed E-state index contributed by atoms with van der Waals surface area (Å²) >= 11 is 1.58. The SMILES string of the molecule is CCOC(=O)c1cnc(C)nc1Nc1cccc(-c2csc(-c3ccncc3)n2)c1. The lowest BCUT2D eigenvalue weighted by atomic mass is 10.1. The molecule has 0 saturated heterocycles. The Morgan fingerprint density at radius 3 is 2.77 bits per heavy atom. The van der Waals surface area contributed by atoms with Gasteiger partial charge in [0.2, 0.25) is 0 Å². The van der Waals surface area contributed by atoms with E-state index in [0.29, 0.717) is 17.2 Å². The number of benzene rings is 1. The first-order chi connectivity index (χ1) is 14.6. The molecule has 0 aliphatic heterocycles. The third kappa shape index (κ3) is 4.33. The smallest absolute Gasteiger partial charge is 0.343 e. The molecule has 0 aliphatic rings. The van der Waals surface area contributed by atoms with E-state index in [1.807, 2.05) is 41.8 Å². The minimum Gasteiger partial charge on any atom is -0.462 e. The Hall–Kier alpha value is -3.65. The Kier molecular flexibility index (Phi) is 5.76. The molecule has 0 aliphatic carbocycles. The number of hydrogen-bond donors (Lipinski definition) is 1. The lowest BCUT2D eigenvalue weighted by molar-refractivity contribution is 0.0526. The van der Waals surface area contributed by atoms with Crippen LogP contribution in [0.25, 0.3) is 21.8 Å².